The predicted molar refractivity (Wildman–Crippen MR) is 163 cm³/mol. The molecule has 6 rings (SSSR count). The van der Waals surface area contributed by atoms with Gasteiger partial charge < -0.3 is 20.6 Å². The standard InChI is InChI=1S/C31H24N4O4.ClH/c36-28(32-18-12-14-26-22(16-18)30(38)20-6-1-3-8-24(20)34-26)10-5-11-29(37)33-19-13-15-27-23(17-19)31(39)21-7-2-4-9-25(21)35-27;/h1-4,6-9,12-17H,5,10-11H2,(H,32,36)(H,33,37)(H,34,38)(H,35,39);1H. The molecule has 4 N–H and O–H groups in total. The number of carbonyl (C=O) groups is 2. The number of para-hydroxylation sites is 2. The Labute approximate surface area is 233 Å². The SMILES string of the molecule is Cl.O=C(CCCC(=O)Nc1ccc2[nH]c3ccccc3c(=O)c2c1)Nc1ccc2[nH]c3ccccc3c(=O)c2c1. The summed E-state index contributed by atoms with van der Waals surface area (Å²) in [5.41, 5.74) is 3.74. The number of hydrogen-bond donors (Lipinski definition) is 4. The summed E-state index contributed by atoms with van der Waals surface area (Å²) in [5.74, 6) is -0.494. The van der Waals surface area contributed by atoms with Crippen LogP contribution in [0.1, 0.15) is 19.3 Å². The van der Waals surface area contributed by atoms with Crippen molar-refractivity contribution in [2.75, 3.05) is 10.6 Å². The molecule has 8 nitrogen and oxygen atoms in total. The van der Waals surface area contributed by atoms with Gasteiger partial charge in [-0.2, -0.15) is 0 Å². The van der Waals surface area contributed by atoms with Crippen LogP contribution in [0, 0.1) is 0 Å². The van der Waals surface area contributed by atoms with Crippen molar-refractivity contribution < 1.29 is 9.59 Å². The molecule has 40 heavy (non-hydrogen) atoms. The van der Waals surface area contributed by atoms with Crippen molar-refractivity contribution in [2.45, 2.75) is 19.3 Å². The monoisotopic (exact) mass is 552 g/mol. The number of aromatic nitrogens is 2. The molecule has 0 radical (unpaired) electrons. The Morgan fingerprint density at radius 2 is 0.950 bits per heavy atom. The third-order valence-electron chi connectivity index (χ3n) is 6.79. The third kappa shape index (κ3) is 5.17. The normalized spacial score (nSPS) is 11.0. The molecule has 4 aromatic carbocycles. The molecule has 200 valence electrons. The Hall–Kier alpha value is -4.95. The van der Waals surface area contributed by atoms with E-state index in [1.54, 1.807) is 48.5 Å². The van der Waals surface area contributed by atoms with Crippen molar-refractivity contribution in [1.82, 2.24) is 9.97 Å². The van der Waals surface area contributed by atoms with Crippen LogP contribution in [0.25, 0.3) is 43.6 Å². The van der Waals surface area contributed by atoms with Gasteiger partial charge in [-0.15, -0.1) is 12.4 Å². The number of aromatic amines is 2. The molecule has 6 aromatic rings. The van der Waals surface area contributed by atoms with Gasteiger partial charge in [0.15, 0.2) is 10.9 Å². The highest BCUT2D eigenvalue weighted by Gasteiger charge is 2.11. The van der Waals surface area contributed by atoms with Crippen LogP contribution in [-0.4, -0.2) is 21.8 Å². The van der Waals surface area contributed by atoms with Crippen LogP contribution < -0.4 is 21.5 Å². The molecule has 2 amide bonds. The van der Waals surface area contributed by atoms with Crippen molar-refractivity contribution in [1.29, 1.82) is 0 Å². The molecule has 0 aliphatic heterocycles. The van der Waals surface area contributed by atoms with Crippen molar-refractivity contribution in [3.63, 3.8) is 0 Å². The van der Waals surface area contributed by atoms with Gasteiger partial charge in [0.25, 0.3) is 0 Å². The van der Waals surface area contributed by atoms with Gasteiger partial charge in [-0.1, -0.05) is 24.3 Å². The van der Waals surface area contributed by atoms with E-state index in [0.717, 1.165) is 11.0 Å². The van der Waals surface area contributed by atoms with E-state index in [2.05, 4.69) is 20.6 Å². The third-order valence-corrected chi connectivity index (χ3v) is 6.79. The van der Waals surface area contributed by atoms with Crippen molar-refractivity contribution >= 4 is 79.2 Å². The minimum Gasteiger partial charge on any atom is -0.354 e. The molecule has 2 aromatic heterocycles. The minimum absolute atomic E-state index is 0. The van der Waals surface area contributed by atoms with Gasteiger partial charge in [-0.05, 0) is 67.1 Å². The number of pyridine rings is 2. The number of amides is 2. The van der Waals surface area contributed by atoms with Crippen LogP contribution in [0.5, 0.6) is 0 Å². The van der Waals surface area contributed by atoms with E-state index in [4.69, 9.17) is 0 Å². The first-order valence-corrected chi connectivity index (χ1v) is 12.7. The lowest BCUT2D eigenvalue weighted by molar-refractivity contribution is -0.117. The second-order valence-electron chi connectivity index (χ2n) is 9.47. The van der Waals surface area contributed by atoms with E-state index in [0.29, 0.717) is 50.4 Å². The number of rotatable bonds is 6. The topological polar surface area (TPSA) is 124 Å². The van der Waals surface area contributed by atoms with Crippen LogP contribution in [0.15, 0.2) is 94.5 Å². The molecule has 0 aliphatic carbocycles. The van der Waals surface area contributed by atoms with Crippen LogP contribution in [0.2, 0.25) is 0 Å². The number of hydrogen-bond acceptors (Lipinski definition) is 4. The average Bonchev–Trinajstić information content (AvgIpc) is 2.94. The van der Waals surface area contributed by atoms with Gasteiger partial charge in [-0.3, -0.25) is 19.2 Å². The minimum atomic E-state index is -0.247. The fourth-order valence-electron chi connectivity index (χ4n) is 4.85. The van der Waals surface area contributed by atoms with Gasteiger partial charge in [0.1, 0.15) is 0 Å². The highest BCUT2D eigenvalue weighted by atomic mass is 35.5. The number of carbonyl (C=O) groups excluding carboxylic acids is 2. The van der Waals surface area contributed by atoms with Crippen LogP contribution >= 0.6 is 12.4 Å². The van der Waals surface area contributed by atoms with Gasteiger partial charge in [-0.25, -0.2) is 0 Å². The number of H-pyrrole nitrogens is 2. The number of anilines is 2. The van der Waals surface area contributed by atoms with E-state index in [1.165, 1.54) is 0 Å². The second kappa shape index (κ2) is 11.0. The molecular weight excluding hydrogens is 528 g/mol. The quantitative estimate of drug-likeness (QED) is 0.194. The lowest BCUT2D eigenvalue weighted by Crippen LogP contribution is -2.15. The smallest absolute Gasteiger partial charge is 0.224 e. The summed E-state index contributed by atoms with van der Waals surface area (Å²) in [4.78, 5) is 57.3. The van der Waals surface area contributed by atoms with Gasteiger partial charge in [0.2, 0.25) is 11.8 Å². The van der Waals surface area contributed by atoms with Gasteiger partial charge >= 0.3 is 0 Å². The Morgan fingerprint density at radius 3 is 1.40 bits per heavy atom. The summed E-state index contributed by atoms with van der Waals surface area (Å²) in [7, 11) is 0. The number of benzene rings is 4. The van der Waals surface area contributed by atoms with E-state index in [9.17, 15) is 19.2 Å². The predicted octanol–water partition coefficient (Wildman–Crippen LogP) is 5.85. The Bertz CT molecular complexity index is 1900. The highest BCUT2D eigenvalue weighted by Crippen LogP contribution is 2.20. The number of nitrogens with one attached hydrogen (secondary N) is 4. The Balaban J connectivity index is 0.00000323. The largest absolute Gasteiger partial charge is 0.354 e. The molecule has 0 aliphatic rings. The van der Waals surface area contributed by atoms with Crippen LogP contribution in [0.3, 0.4) is 0 Å². The molecule has 0 saturated carbocycles. The summed E-state index contributed by atoms with van der Waals surface area (Å²) >= 11 is 0. The maximum Gasteiger partial charge on any atom is 0.224 e. The lowest BCUT2D eigenvalue weighted by atomic mass is 10.1. The maximum atomic E-state index is 12.9. The van der Waals surface area contributed by atoms with Crippen LogP contribution in [0.4, 0.5) is 11.4 Å². The van der Waals surface area contributed by atoms with Crippen LogP contribution in [-0.2, 0) is 9.59 Å². The summed E-state index contributed by atoms with van der Waals surface area (Å²) in [6.07, 6.45) is 0.626. The maximum absolute atomic E-state index is 12.9. The van der Waals surface area contributed by atoms with Crippen molar-refractivity contribution in [3.8, 4) is 0 Å². The first-order valence-electron chi connectivity index (χ1n) is 12.7. The zero-order valence-electron chi connectivity index (χ0n) is 21.2. The molecule has 0 bridgehead atoms. The Kier molecular flexibility index (Phi) is 7.35. The summed E-state index contributed by atoms with van der Waals surface area (Å²) in [6, 6.07) is 24.9. The van der Waals surface area contributed by atoms with E-state index >= 15 is 0 Å². The molecule has 0 fully saturated rings. The average molecular weight is 553 g/mol. The zero-order valence-corrected chi connectivity index (χ0v) is 22.1. The molecule has 0 spiro atoms. The first kappa shape index (κ1) is 26.6. The summed E-state index contributed by atoms with van der Waals surface area (Å²) < 4.78 is 0. The van der Waals surface area contributed by atoms with Gasteiger partial charge in [0.05, 0.1) is 0 Å². The fourth-order valence-corrected chi connectivity index (χ4v) is 4.85. The lowest BCUT2D eigenvalue weighted by Gasteiger charge is -2.09. The molecule has 0 saturated heterocycles. The summed E-state index contributed by atoms with van der Waals surface area (Å²) in [5, 5.41) is 7.79. The molecule has 2 heterocycles. The first-order chi connectivity index (χ1) is 19.0. The highest BCUT2D eigenvalue weighted by molar-refractivity contribution is 5.99. The molecular formula is C31H25ClN4O4. The summed E-state index contributed by atoms with van der Waals surface area (Å²) in [6.45, 7) is 0. The van der Waals surface area contributed by atoms with E-state index in [-0.39, 0.29) is 47.9 Å². The number of fused-ring (bicyclic) bond motifs is 4. The number of halogens is 1. The van der Waals surface area contributed by atoms with Crippen molar-refractivity contribution in [3.05, 3.63) is 105 Å². The van der Waals surface area contributed by atoms with E-state index in [1.807, 2.05) is 36.4 Å². The van der Waals surface area contributed by atoms with Crippen molar-refractivity contribution in [2.24, 2.45) is 0 Å². The van der Waals surface area contributed by atoms with E-state index < -0.39 is 0 Å². The molecule has 9 heteroatoms. The Morgan fingerprint density at radius 1 is 0.550 bits per heavy atom. The zero-order chi connectivity index (χ0) is 26.9. The van der Waals surface area contributed by atoms with Gasteiger partial charge in [0, 0.05) is 67.8 Å². The second-order valence-corrected chi connectivity index (χ2v) is 9.47. The molecule has 0 unspecified atom stereocenters. The fraction of sp³-hybridized carbons (Fsp3) is 0.0968. The molecule has 0 atom stereocenters.